The van der Waals surface area contributed by atoms with Crippen molar-refractivity contribution in [1.29, 1.82) is 0 Å². The molecule has 15 heavy (non-hydrogen) atoms. The second kappa shape index (κ2) is 7.00. The molecule has 0 aliphatic rings. The third-order valence-electron chi connectivity index (χ3n) is 1.92. The van der Waals surface area contributed by atoms with E-state index in [0.717, 1.165) is 6.54 Å². The average Bonchev–Trinajstić information content (AvgIpc) is 2.14. The van der Waals surface area contributed by atoms with Crippen molar-refractivity contribution in [2.24, 2.45) is 5.92 Å². The van der Waals surface area contributed by atoms with Crippen LogP contribution >= 0.6 is 0 Å². The van der Waals surface area contributed by atoms with Gasteiger partial charge in [-0.3, -0.25) is 0 Å². The molecule has 0 amide bonds. The minimum absolute atomic E-state index is 0.137. The van der Waals surface area contributed by atoms with E-state index in [2.05, 4.69) is 10.6 Å². The first kappa shape index (κ1) is 14.6. The fourth-order valence-electron chi connectivity index (χ4n) is 1.03. The summed E-state index contributed by atoms with van der Waals surface area (Å²) in [6.45, 7) is 4.61. The summed E-state index contributed by atoms with van der Waals surface area (Å²) in [4.78, 5) is 0. The number of hydrogen-bond donors (Lipinski definition) is 2. The first-order valence-electron chi connectivity index (χ1n) is 4.97. The maximum Gasteiger partial charge on any atom is 0.319 e. The molecular weight excluding hydrogens is 212 g/mol. The van der Waals surface area contributed by atoms with Crippen molar-refractivity contribution in [3.8, 4) is 0 Å². The van der Waals surface area contributed by atoms with Crippen LogP contribution in [0.5, 0.6) is 0 Å². The largest absolute Gasteiger partial charge is 0.319 e. The fraction of sp³-hybridized carbons (Fsp3) is 1.00. The molecule has 0 aliphatic heterocycles. The van der Waals surface area contributed by atoms with Gasteiger partial charge in [0.1, 0.15) is 0 Å². The van der Waals surface area contributed by atoms with Crippen LogP contribution in [0.2, 0.25) is 0 Å². The lowest BCUT2D eigenvalue weighted by Crippen LogP contribution is -2.41. The van der Waals surface area contributed by atoms with Crippen LogP contribution in [0.15, 0.2) is 0 Å². The van der Waals surface area contributed by atoms with E-state index in [-0.39, 0.29) is 5.92 Å². The lowest BCUT2D eigenvalue weighted by atomic mass is 10.2. The van der Waals surface area contributed by atoms with Crippen molar-refractivity contribution in [2.45, 2.75) is 26.2 Å². The zero-order valence-electron chi connectivity index (χ0n) is 8.99. The van der Waals surface area contributed by atoms with Gasteiger partial charge in [0.2, 0.25) is 0 Å². The van der Waals surface area contributed by atoms with Crippen LogP contribution < -0.4 is 10.6 Å². The maximum atomic E-state index is 12.4. The first-order chi connectivity index (χ1) is 6.90. The highest BCUT2D eigenvalue weighted by molar-refractivity contribution is 4.73. The number of halogens is 4. The molecule has 0 rings (SSSR count). The molecule has 1 atom stereocenters. The van der Waals surface area contributed by atoms with E-state index in [1.165, 1.54) is 0 Å². The Hall–Kier alpha value is -0.360. The highest BCUT2D eigenvalue weighted by atomic mass is 19.3. The van der Waals surface area contributed by atoms with Gasteiger partial charge in [-0.25, -0.2) is 8.78 Å². The van der Waals surface area contributed by atoms with E-state index in [0.29, 0.717) is 13.1 Å². The van der Waals surface area contributed by atoms with E-state index in [1.807, 2.05) is 13.8 Å². The van der Waals surface area contributed by atoms with E-state index in [4.69, 9.17) is 0 Å². The maximum absolute atomic E-state index is 12.4. The Morgan fingerprint density at radius 2 is 1.67 bits per heavy atom. The average molecular weight is 230 g/mol. The van der Waals surface area contributed by atoms with Crippen molar-refractivity contribution >= 4 is 0 Å². The molecule has 0 aromatic heterocycles. The van der Waals surface area contributed by atoms with E-state index in [1.54, 1.807) is 0 Å². The van der Waals surface area contributed by atoms with Crippen molar-refractivity contribution < 1.29 is 17.6 Å². The normalized spacial score (nSPS) is 14.6. The predicted octanol–water partition coefficient (Wildman–Crippen LogP) is 1.72. The monoisotopic (exact) mass is 230 g/mol. The van der Waals surface area contributed by atoms with Crippen molar-refractivity contribution in [3.63, 3.8) is 0 Å². The molecule has 0 saturated heterocycles. The minimum Gasteiger partial charge on any atom is -0.317 e. The molecule has 0 aliphatic carbocycles. The molecule has 0 spiro atoms. The Kier molecular flexibility index (Phi) is 6.84. The summed E-state index contributed by atoms with van der Waals surface area (Å²) in [5.74, 6) is -3.80. The van der Waals surface area contributed by atoms with Gasteiger partial charge in [-0.2, -0.15) is 8.78 Å². The molecule has 0 fully saturated rings. The van der Waals surface area contributed by atoms with Crippen molar-refractivity contribution in [3.05, 3.63) is 0 Å². The molecular formula is C9H18F4N2. The summed E-state index contributed by atoms with van der Waals surface area (Å²) in [5.41, 5.74) is 0. The fourth-order valence-corrected chi connectivity index (χ4v) is 1.03. The van der Waals surface area contributed by atoms with Crippen LogP contribution in [0.4, 0.5) is 17.6 Å². The Balaban J connectivity index is 3.60. The summed E-state index contributed by atoms with van der Waals surface area (Å²) in [6, 6.07) is 0. The molecule has 1 unspecified atom stereocenters. The topological polar surface area (TPSA) is 24.1 Å². The quantitative estimate of drug-likeness (QED) is 0.620. The lowest BCUT2D eigenvalue weighted by molar-refractivity contribution is -0.125. The van der Waals surface area contributed by atoms with Gasteiger partial charge in [0.15, 0.2) is 0 Å². The Morgan fingerprint density at radius 1 is 1.13 bits per heavy atom. The van der Waals surface area contributed by atoms with Gasteiger partial charge in [-0.1, -0.05) is 13.8 Å². The standard InChI is InChI=1S/C9H18F4N2/c1-3-14-4-7(2)5-15-6-9(12,13)8(10)11/h7-8,14-15H,3-6H2,1-2H3. The third-order valence-corrected chi connectivity index (χ3v) is 1.92. The molecule has 0 radical (unpaired) electrons. The lowest BCUT2D eigenvalue weighted by Gasteiger charge is -2.18. The van der Waals surface area contributed by atoms with Crippen molar-refractivity contribution in [1.82, 2.24) is 10.6 Å². The number of hydrogen-bond acceptors (Lipinski definition) is 2. The molecule has 2 N–H and O–H groups in total. The molecule has 0 heterocycles. The molecule has 0 saturated carbocycles. The smallest absolute Gasteiger partial charge is 0.317 e. The first-order valence-corrected chi connectivity index (χ1v) is 4.97. The number of alkyl halides is 4. The van der Waals surface area contributed by atoms with Gasteiger partial charge in [0.05, 0.1) is 6.54 Å². The van der Waals surface area contributed by atoms with Crippen LogP contribution in [0.1, 0.15) is 13.8 Å². The molecule has 92 valence electrons. The third kappa shape index (κ3) is 6.67. The van der Waals surface area contributed by atoms with E-state index >= 15 is 0 Å². The van der Waals surface area contributed by atoms with E-state index in [9.17, 15) is 17.6 Å². The zero-order chi connectivity index (χ0) is 11.9. The van der Waals surface area contributed by atoms with Crippen LogP contribution in [0, 0.1) is 5.92 Å². The molecule has 0 aromatic rings. The Labute approximate surface area is 87.4 Å². The molecule has 6 heteroatoms. The second-order valence-corrected chi connectivity index (χ2v) is 3.61. The Morgan fingerprint density at radius 3 is 2.13 bits per heavy atom. The molecule has 0 aromatic carbocycles. The predicted molar refractivity (Wildman–Crippen MR) is 51.5 cm³/mol. The summed E-state index contributed by atoms with van der Waals surface area (Å²) >= 11 is 0. The van der Waals surface area contributed by atoms with Gasteiger partial charge in [0.25, 0.3) is 0 Å². The van der Waals surface area contributed by atoms with Gasteiger partial charge in [-0.15, -0.1) is 0 Å². The molecule has 2 nitrogen and oxygen atoms in total. The van der Waals surface area contributed by atoms with Crippen LogP contribution in [-0.2, 0) is 0 Å². The SMILES string of the molecule is CCNCC(C)CNCC(F)(F)C(F)F. The highest BCUT2D eigenvalue weighted by Crippen LogP contribution is 2.21. The Bertz CT molecular complexity index is 164. The van der Waals surface area contributed by atoms with Crippen LogP contribution in [-0.4, -0.2) is 38.5 Å². The second-order valence-electron chi connectivity index (χ2n) is 3.61. The highest BCUT2D eigenvalue weighted by Gasteiger charge is 2.39. The van der Waals surface area contributed by atoms with Crippen LogP contribution in [0.25, 0.3) is 0 Å². The van der Waals surface area contributed by atoms with E-state index < -0.39 is 18.9 Å². The van der Waals surface area contributed by atoms with Crippen LogP contribution in [0.3, 0.4) is 0 Å². The molecule has 0 bridgehead atoms. The summed E-state index contributed by atoms with van der Waals surface area (Å²) in [6.07, 6.45) is -3.60. The zero-order valence-corrected chi connectivity index (χ0v) is 8.99. The summed E-state index contributed by atoms with van der Waals surface area (Å²) < 4.78 is 48.3. The van der Waals surface area contributed by atoms with Gasteiger partial charge in [-0.05, 0) is 25.6 Å². The van der Waals surface area contributed by atoms with Gasteiger partial charge < -0.3 is 10.6 Å². The number of rotatable bonds is 8. The van der Waals surface area contributed by atoms with Gasteiger partial charge >= 0.3 is 12.3 Å². The minimum atomic E-state index is -3.93. The number of nitrogens with one attached hydrogen (secondary N) is 2. The summed E-state index contributed by atoms with van der Waals surface area (Å²) in [7, 11) is 0. The van der Waals surface area contributed by atoms with Gasteiger partial charge in [0, 0.05) is 0 Å². The summed E-state index contributed by atoms with van der Waals surface area (Å²) in [5, 5.41) is 5.39. The van der Waals surface area contributed by atoms with Crippen molar-refractivity contribution in [2.75, 3.05) is 26.2 Å².